The molecule has 0 spiro atoms. The fourth-order valence-electron chi connectivity index (χ4n) is 2.28. The Morgan fingerprint density at radius 3 is 2.81 bits per heavy atom. The van der Waals surface area contributed by atoms with Crippen molar-refractivity contribution >= 4 is 16.9 Å². The number of nitrogens with zero attached hydrogens (tertiary/aromatic N) is 2. The van der Waals surface area contributed by atoms with Crippen molar-refractivity contribution in [1.29, 1.82) is 0 Å². The number of hydrogen-bond acceptors (Lipinski definition) is 3. The first-order valence-corrected chi connectivity index (χ1v) is 6.48. The van der Waals surface area contributed by atoms with Gasteiger partial charge in [-0.2, -0.15) is 0 Å². The summed E-state index contributed by atoms with van der Waals surface area (Å²) in [6.45, 7) is 0.629. The van der Waals surface area contributed by atoms with Crippen LogP contribution in [0, 0.1) is 0 Å². The van der Waals surface area contributed by atoms with Crippen molar-refractivity contribution in [2.45, 2.75) is 6.54 Å². The minimum absolute atomic E-state index is 0.287. The molecule has 0 radical (unpaired) electrons. The van der Waals surface area contributed by atoms with Gasteiger partial charge < -0.3 is 14.4 Å². The fourth-order valence-corrected chi connectivity index (χ4v) is 2.28. The zero-order valence-electron chi connectivity index (χ0n) is 11.5. The Bertz CT molecular complexity index is 791. The largest absolute Gasteiger partial charge is 0.481 e. The second kappa shape index (κ2) is 5.28. The molecule has 2 aromatic heterocycles. The summed E-state index contributed by atoms with van der Waals surface area (Å²) in [6.07, 6.45) is 3.70. The Labute approximate surface area is 121 Å². The predicted molar refractivity (Wildman–Crippen MR) is 78.8 cm³/mol. The number of ether oxygens (including phenoxy) is 1. The first-order valence-electron chi connectivity index (χ1n) is 6.48. The van der Waals surface area contributed by atoms with Crippen LogP contribution >= 0.6 is 0 Å². The number of hydrogen-bond donors (Lipinski definition) is 1. The van der Waals surface area contributed by atoms with Crippen LogP contribution < -0.4 is 4.74 Å². The van der Waals surface area contributed by atoms with E-state index in [2.05, 4.69) is 4.98 Å². The summed E-state index contributed by atoms with van der Waals surface area (Å²) in [7, 11) is 1.58. The third-order valence-electron chi connectivity index (χ3n) is 3.38. The normalized spacial score (nSPS) is 10.7. The van der Waals surface area contributed by atoms with Crippen LogP contribution in [0.3, 0.4) is 0 Å². The van der Waals surface area contributed by atoms with E-state index in [4.69, 9.17) is 9.84 Å². The van der Waals surface area contributed by atoms with Gasteiger partial charge in [-0.3, -0.25) is 0 Å². The summed E-state index contributed by atoms with van der Waals surface area (Å²) in [5.41, 5.74) is 2.20. The molecule has 5 heteroatoms. The average Bonchev–Trinajstić information content (AvgIpc) is 2.90. The van der Waals surface area contributed by atoms with Gasteiger partial charge in [0.15, 0.2) is 0 Å². The molecule has 21 heavy (non-hydrogen) atoms. The number of carboxylic acids is 1. The smallest absolute Gasteiger partial charge is 0.335 e. The highest BCUT2D eigenvalue weighted by Crippen LogP contribution is 2.19. The SMILES string of the molecule is COc1ccc(Cn2ccc3ccc(C(=O)O)cc32)cn1. The topological polar surface area (TPSA) is 64.3 Å². The number of aromatic nitrogens is 2. The number of fused-ring (bicyclic) bond motifs is 1. The maximum Gasteiger partial charge on any atom is 0.335 e. The molecule has 0 aliphatic rings. The second-order valence-corrected chi connectivity index (χ2v) is 4.73. The molecule has 0 saturated carbocycles. The van der Waals surface area contributed by atoms with Crippen LogP contribution in [0.2, 0.25) is 0 Å². The molecule has 0 aliphatic heterocycles. The van der Waals surface area contributed by atoms with E-state index in [-0.39, 0.29) is 5.56 Å². The minimum atomic E-state index is -0.921. The summed E-state index contributed by atoms with van der Waals surface area (Å²) in [5.74, 6) is -0.347. The molecule has 5 nitrogen and oxygen atoms in total. The Morgan fingerprint density at radius 1 is 1.29 bits per heavy atom. The molecular formula is C16H14N2O3. The van der Waals surface area contributed by atoms with Crippen LogP contribution in [0.15, 0.2) is 48.8 Å². The lowest BCUT2D eigenvalue weighted by molar-refractivity contribution is 0.0697. The molecule has 0 amide bonds. The van der Waals surface area contributed by atoms with Crippen molar-refractivity contribution in [1.82, 2.24) is 9.55 Å². The van der Waals surface area contributed by atoms with Crippen molar-refractivity contribution in [2.24, 2.45) is 0 Å². The van der Waals surface area contributed by atoms with Gasteiger partial charge in [0.05, 0.1) is 12.7 Å². The minimum Gasteiger partial charge on any atom is -0.481 e. The lowest BCUT2D eigenvalue weighted by atomic mass is 10.1. The van der Waals surface area contributed by atoms with Gasteiger partial charge in [-0.15, -0.1) is 0 Å². The molecule has 1 aromatic carbocycles. The Kier molecular flexibility index (Phi) is 3.31. The van der Waals surface area contributed by atoms with E-state index in [0.29, 0.717) is 12.4 Å². The number of methoxy groups -OCH3 is 1. The van der Waals surface area contributed by atoms with E-state index in [1.807, 2.05) is 35.0 Å². The highest BCUT2D eigenvalue weighted by molar-refractivity contribution is 5.93. The van der Waals surface area contributed by atoms with Crippen molar-refractivity contribution < 1.29 is 14.6 Å². The van der Waals surface area contributed by atoms with Crippen molar-refractivity contribution in [3.05, 3.63) is 59.9 Å². The average molecular weight is 282 g/mol. The van der Waals surface area contributed by atoms with Gasteiger partial charge in [0.1, 0.15) is 0 Å². The summed E-state index contributed by atoms with van der Waals surface area (Å²) >= 11 is 0. The van der Waals surface area contributed by atoms with Crippen molar-refractivity contribution in [3.63, 3.8) is 0 Å². The summed E-state index contributed by atoms with van der Waals surface area (Å²) in [6, 6.07) is 10.8. The molecule has 3 rings (SSSR count). The molecular weight excluding hydrogens is 268 g/mol. The molecule has 1 N–H and O–H groups in total. The molecule has 106 valence electrons. The van der Waals surface area contributed by atoms with Crippen molar-refractivity contribution in [2.75, 3.05) is 7.11 Å². The molecule has 2 heterocycles. The van der Waals surface area contributed by atoms with Gasteiger partial charge in [0, 0.05) is 30.5 Å². The van der Waals surface area contributed by atoms with E-state index in [9.17, 15) is 4.79 Å². The standard InChI is InChI=1S/C16H14N2O3/c1-21-15-5-2-11(9-17-15)10-18-7-6-12-3-4-13(16(19)20)8-14(12)18/h2-9H,10H2,1H3,(H,19,20). The van der Waals surface area contributed by atoms with Crippen molar-refractivity contribution in [3.8, 4) is 5.88 Å². The number of benzene rings is 1. The monoisotopic (exact) mass is 282 g/mol. The molecule has 0 fully saturated rings. The van der Waals surface area contributed by atoms with Gasteiger partial charge in [-0.25, -0.2) is 9.78 Å². The van der Waals surface area contributed by atoms with E-state index >= 15 is 0 Å². The quantitative estimate of drug-likeness (QED) is 0.799. The van der Waals surface area contributed by atoms with Crippen LogP contribution in [-0.2, 0) is 6.54 Å². The third kappa shape index (κ3) is 2.58. The molecule has 0 saturated heterocycles. The van der Waals surface area contributed by atoms with Gasteiger partial charge in [-0.05, 0) is 29.1 Å². The maximum absolute atomic E-state index is 11.1. The van der Waals surface area contributed by atoms with E-state index in [0.717, 1.165) is 16.5 Å². The summed E-state index contributed by atoms with van der Waals surface area (Å²) < 4.78 is 7.04. The predicted octanol–water partition coefficient (Wildman–Crippen LogP) is 2.79. The summed E-state index contributed by atoms with van der Waals surface area (Å²) in [5, 5.41) is 10.1. The van der Waals surface area contributed by atoms with Gasteiger partial charge >= 0.3 is 5.97 Å². The Morgan fingerprint density at radius 2 is 2.14 bits per heavy atom. The third-order valence-corrected chi connectivity index (χ3v) is 3.38. The molecule has 0 aliphatic carbocycles. The first-order chi connectivity index (χ1) is 10.2. The highest BCUT2D eigenvalue weighted by atomic mass is 16.5. The molecule has 0 atom stereocenters. The number of aromatic carboxylic acids is 1. The zero-order valence-corrected chi connectivity index (χ0v) is 11.5. The zero-order chi connectivity index (χ0) is 14.8. The molecule has 0 unspecified atom stereocenters. The lowest BCUT2D eigenvalue weighted by Crippen LogP contribution is -2.01. The molecule has 3 aromatic rings. The fraction of sp³-hybridized carbons (Fsp3) is 0.125. The van der Waals surface area contributed by atoms with Crippen LogP contribution in [0.5, 0.6) is 5.88 Å². The Hall–Kier alpha value is -2.82. The lowest BCUT2D eigenvalue weighted by Gasteiger charge is -2.07. The summed E-state index contributed by atoms with van der Waals surface area (Å²) in [4.78, 5) is 15.2. The highest BCUT2D eigenvalue weighted by Gasteiger charge is 2.07. The van der Waals surface area contributed by atoms with E-state index in [1.165, 1.54) is 0 Å². The number of carboxylic acid groups (broad SMARTS) is 1. The van der Waals surface area contributed by atoms with Gasteiger partial charge in [0.2, 0.25) is 5.88 Å². The van der Waals surface area contributed by atoms with Crippen LogP contribution in [0.4, 0.5) is 0 Å². The van der Waals surface area contributed by atoms with Gasteiger partial charge in [0.25, 0.3) is 0 Å². The number of rotatable bonds is 4. The van der Waals surface area contributed by atoms with Crippen LogP contribution in [0.1, 0.15) is 15.9 Å². The van der Waals surface area contributed by atoms with Crippen LogP contribution in [0.25, 0.3) is 10.9 Å². The first kappa shape index (κ1) is 13.2. The van der Waals surface area contributed by atoms with Gasteiger partial charge in [-0.1, -0.05) is 12.1 Å². The number of carbonyl (C=O) groups is 1. The molecule has 0 bridgehead atoms. The second-order valence-electron chi connectivity index (χ2n) is 4.73. The number of pyridine rings is 1. The maximum atomic E-state index is 11.1. The van der Waals surface area contributed by atoms with Crippen LogP contribution in [-0.4, -0.2) is 27.7 Å². The Balaban J connectivity index is 1.95. The van der Waals surface area contributed by atoms with E-state index < -0.39 is 5.97 Å². The van der Waals surface area contributed by atoms with E-state index in [1.54, 1.807) is 25.4 Å².